The van der Waals surface area contributed by atoms with Crippen molar-refractivity contribution in [2.24, 2.45) is 0 Å². The number of halogens is 1. The molecule has 0 saturated carbocycles. The van der Waals surface area contributed by atoms with Gasteiger partial charge in [0, 0.05) is 16.3 Å². The summed E-state index contributed by atoms with van der Waals surface area (Å²) < 4.78 is 39.1. The van der Waals surface area contributed by atoms with Crippen molar-refractivity contribution in [3.05, 3.63) is 81.4 Å². The minimum absolute atomic E-state index is 0.137. The predicted octanol–water partition coefficient (Wildman–Crippen LogP) is 5.84. The minimum Gasteiger partial charge on any atom is -0.467 e. The van der Waals surface area contributed by atoms with Crippen LogP contribution in [0.25, 0.3) is 11.1 Å². The van der Waals surface area contributed by atoms with Crippen LogP contribution in [0.1, 0.15) is 53.4 Å². The van der Waals surface area contributed by atoms with E-state index in [1.54, 1.807) is 90.9 Å². The van der Waals surface area contributed by atoms with Crippen molar-refractivity contribution in [2.75, 3.05) is 18.4 Å². The molecule has 10 nitrogen and oxygen atoms in total. The van der Waals surface area contributed by atoms with Crippen LogP contribution in [0.2, 0.25) is 5.02 Å². The highest BCUT2D eigenvalue weighted by Gasteiger charge is 2.26. The molecule has 0 aliphatic carbocycles. The average molecular weight is 644 g/mol. The Morgan fingerprint density at radius 2 is 1.52 bits per heavy atom. The first-order valence-corrected chi connectivity index (χ1v) is 15.6. The van der Waals surface area contributed by atoms with Gasteiger partial charge in [0.2, 0.25) is 0 Å². The third kappa shape index (κ3) is 8.73. The quantitative estimate of drug-likeness (QED) is 0.249. The molecule has 0 heterocycles. The van der Waals surface area contributed by atoms with E-state index in [4.69, 9.17) is 21.1 Å². The lowest BCUT2D eigenvalue weighted by Crippen LogP contribution is -2.49. The van der Waals surface area contributed by atoms with Crippen LogP contribution in [-0.2, 0) is 24.3 Å². The van der Waals surface area contributed by atoms with Crippen LogP contribution in [0, 0.1) is 27.7 Å². The van der Waals surface area contributed by atoms with Gasteiger partial charge in [-0.15, -0.1) is 0 Å². The molecule has 3 rings (SSSR count). The molecule has 0 fully saturated rings. The summed E-state index contributed by atoms with van der Waals surface area (Å²) in [5.41, 5.74) is 3.89. The Labute approximate surface area is 263 Å². The number of carbonyl (C=O) groups is 3. The monoisotopic (exact) mass is 643 g/mol. The van der Waals surface area contributed by atoms with Crippen LogP contribution in [0.5, 0.6) is 0 Å². The Hall–Kier alpha value is -4.09. The van der Waals surface area contributed by atoms with Crippen molar-refractivity contribution in [1.82, 2.24) is 10.6 Å². The lowest BCUT2D eigenvalue weighted by molar-refractivity contribution is -0.142. The highest BCUT2D eigenvalue weighted by atomic mass is 35.5. The fraction of sp³-hybridized carbons (Fsp3) is 0.344. The number of hydrogen-bond acceptors (Lipinski definition) is 7. The molecule has 0 aliphatic rings. The number of anilines is 1. The number of sulfonamides is 1. The third-order valence-corrected chi connectivity index (χ3v) is 8.52. The Balaban J connectivity index is 1.83. The van der Waals surface area contributed by atoms with Crippen LogP contribution in [0.4, 0.5) is 10.5 Å². The fourth-order valence-electron chi connectivity index (χ4n) is 4.57. The molecule has 0 radical (unpaired) electrons. The van der Waals surface area contributed by atoms with Gasteiger partial charge in [0.15, 0.2) is 0 Å². The maximum atomic E-state index is 13.3. The second kappa shape index (κ2) is 13.7. The molecule has 0 spiro atoms. The molecule has 44 heavy (non-hydrogen) atoms. The van der Waals surface area contributed by atoms with E-state index in [1.807, 2.05) is 6.07 Å². The average Bonchev–Trinajstić information content (AvgIpc) is 2.91. The summed E-state index contributed by atoms with van der Waals surface area (Å²) in [6.45, 7) is 11.8. The van der Waals surface area contributed by atoms with Gasteiger partial charge in [-0.25, -0.2) is 18.0 Å². The number of benzene rings is 3. The maximum absolute atomic E-state index is 13.3. The van der Waals surface area contributed by atoms with Crippen molar-refractivity contribution < 1.29 is 32.3 Å². The third-order valence-electron chi connectivity index (χ3n) is 6.59. The summed E-state index contributed by atoms with van der Waals surface area (Å²) in [5.74, 6) is -1.26. The van der Waals surface area contributed by atoms with Gasteiger partial charge in [-0.1, -0.05) is 35.9 Å². The molecule has 2 amide bonds. The van der Waals surface area contributed by atoms with E-state index in [1.165, 1.54) is 7.11 Å². The molecule has 12 heteroatoms. The molecule has 0 saturated heterocycles. The van der Waals surface area contributed by atoms with Gasteiger partial charge in [-0.05, 0) is 106 Å². The maximum Gasteiger partial charge on any atom is 0.407 e. The molecule has 0 aromatic heterocycles. The zero-order chi connectivity index (χ0) is 33.0. The zero-order valence-corrected chi connectivity index (χ0v) is 27.6. The second-order valence-corrected chi connectivity index (χ2v) is 13.5. The number of rotatable bonds is 9. The molecule has 0 aliphatic heterocycles. The number of amides is 2. The van der Waals surface area contributed by atoms with Crippen LogP contribution in [-0.4, -0.2) is 51.7 Å². The van der Waals surface area contributed by atoms with Crippen molar-refractivity contribution in [3.63, 3.8) is 0 Å². The molecular formula is C32H38ClN3O7S. The number of nitrogens with one attached hydrogen (secondary N) is 3. The normalized spacial score (nSPS) is 12.2. The van der Waals surface area contributed by atoms with Crippen molar-refractivity contribution in [1.29, 1.82) is 0 Å². The van der Waals surface area contributed by atoms with E-state index in [-0.39, 0.29) is 11.4 Å². The lowest BCUT2D eigenvalue weighted by atomic mass is 9.94. The number of carbonyl (C=O) groups excluding carboxylic acids is 3. The first kappa shape index (κ1) is 34.4. The number of methoxy groups -OCH3 is 1. The molecule has 0 bridgehead atoms. The van der Waals surface area contributed by atoms with Gasteiger partial charge < -0.3 is 20.1 Å². The van der Waals surface area contributed by atoms with Gasteiger partial charge in [-0.2, -0.15) is 0 Å². The summed E-state index contributed by atoms with van der Waals surface area (Å²) in [6.07, 6.45) is -0.736. The second-order valence-electron chi connectivity index (χ2n) is 11.5. The first-order chi connectivity index (χ1) is 20.4. The number of aryl methyl sites for hydroxylation is 4. The summed E-state index contributed by atoms with van der Waals surface area (Å²) in [4.78, 5) is 37.9. The van der Waals surface area contributed by atoms with E-state index in [9.17, 15) is 22.8 Å². The summed E-state index contributed by atoms with van der Waals surface area (Å²) in [7, 11) is -2.70. The standard InChI is InChI=1S/C32H38ClN3O7S/c1-18-15-27(19(2)14-25(18)33)44(40,41)36-24-11-9-10-22(16-24)23-12-20(3)28(21(4)13-23)29(37)35-26(30(38)42-8)17-34-31(39)43-32(5,6)7/h9-16,26,36H,17H2,1-8H3,(H,34,39)(H,35,37)/t26-/m0/s1. The van der Waals surface area contributed by atoms with E-state index in [2.05, 4.69) is 15.4 Å². The highest BCUT2D eigenvalue weighted by molar-refractivity contribution is 7.92. The molecule has 236 valence electrons. The van der Waals surface area contributed by atoms with E-state index in [0.717, 1.165) is 11.1 Å². The molecule has 0 unspecified atom stereocenters. The predicted molar refractivity (Wildman–Crippen MR) is 171 cm³/mol. The Morgan fingerprint density at radius 3 is 2.11 bits per heavy atom. The van der Waals surface area contributed by atoms with Crippen LogP contribution in [0.15, 0.2) is 53.4 Å². The molecule has 3 aromatic carbocycles. The van der Waals surface area contributed by atoms with Crippen LogP contribution >= 0.6 is 11.6 Å². The molecular weight excluding hydrogens is 606 g/mol. The largest absolute Gasteiger partial charge is 0.467 e. The molecule has 3 aromatic rings. The van der Waals surface area contributed by atoms with E-state index < -0.39 is 39.6 Å². The topological polar surface area (TPSA) is 140 Å². The minimum atomic E-state index is -3.89. The van der Waals surface area contributed by atoms with Crippen molar-refractivity contribution in [2.45, 2.75) is 65.0 Å². The van der Waals surface area contributed by atoms with Crippen molar-refractivity contribution in [3.8, 4) is 11.1 Å². The fourth-order valence-corrected chi connectivity index (χ4v) is 6.15. The Morgan fingerprint density at radius 1 is 0.886 bits per heavy atom. The number of ether oxygens (including phenoxy) is 2. The van der Waals surface area contributed by atoms with E-state index in [0.29, 0.717) is 38.5 Å². The van der Waals surface area contributed by atoms with Gasteiger partial charge >= 0.3 is 12.1 Å². The van der Waals surface area contributed by atoms with Crippen LogP contribution < -0.4 is 15.4 Å². The summed E-state index contributed by atoms with van der Waals surface area (Å²) in [5, 5.41) is 5.61. The number of esters is 1. The molecule has 1 atom stereocenters. The van der Waals surface area contributed by atoms with Gasteiger partial charge in [0.25, 0.3) is 15.9 Å². The van der Waals surface area contributed by atoms with Crippen LogP contribution in [0.3, 0.4) is 0 Å². The van der Waals surface area contributed by atoms with Gasteiger partial charge in [0.05, 0.1) is 18.6 Å². The summed E-state index contributed by atoms with van der Waals surface area (Å²) in [6, 6.07) is 12.5. The van der Waals surface area contributed by atoms with Gasteiger partial charge in [-0.3, -0.25) is 9.52 Å². The zero-order valence-electron chi connectivity index (χ0n) is 26.0. The Kier molecular flexibility index (Phi) is 10.7. The first-order valence-electron chi connectivity index (χ1n) is 13.8. The van der Waals surface area contributed by atoms with E-state index >= 15 is 0 Å². The number of hydrogen-bond donors (Lipinski definition) is 3. The smallest absolute Gasteiger partial charge is 0.407 e. The SMILES string of the molecule is COC(=O)[C@H](CNC(=O)OC(C)(C)C)NC(=O)c1c(C)cc(-c2cccc(NS(=O)(=O)c3cc(C)c(Cl)cc3C)c2)cc1C. The number of alkyl carbamates (subject to hydrolysis) is 1. The van der Waals surface area contributed by atoms with Gasteiger partial charge in [0.1, 0.15) is 11.6 Å². The van der Waals surface area contributed by atoms with Crippen molar-refractivity contribution >= 4 is 45.3 Å². The molecule has 3 N–H and O–H groups in total. The lowest BCUT2D eigenvalue weighted by Gasteiger charge is -2.22. The highest BCUT2D eigenvalue weighted by Crippen LogP contribution is 2.30. The summed E-state index contributed by atoms with van der Waals surface area (Å²) >= 11 is 6.15. The Bertz CT molecular complexity index is 1680.